The number of rotatable bonds is 18. The Kier molecular flexibility index (Phi) is 16.7. The molecule has 4 heteroatoms. The summed E-state index contributed by atoms with van der Waals surface area (Å²) in [6, 6.07) is 143. The van der Waals surface area contributed by atoms with Gasteiger partial charge in [-0.15, -0.1) is 0 Å². The molecule has 16 aromatic carbocycles. The quantitative estimate of drug-likeness (QED) is 0.0855. The highest BCUT2D eigenvalue weighted by atomic mass is 16.5. The molecule has 0 atom stereocenters. The van der Waals surface area contributed by atoms with Gasteiger partial charge in [0.15, 0.2) is 0 Å². The van der Waals surface area contributed by atoms with Crippen LogP contribution in [0.5, 0.6) is 11.5 Å². The number of hydrogen-bond donors (Lipinski definition) is 0. The molecule has 0 N–H and O–H groups in total. The highest BCUT2D eigenvalue weighted by molar-refractivity contribution is 5.93. The molecule has 522 valence electrons. The van der Waals surface area contributed by atoms with E-state index in [1.807, 2.05) is 30.3 Å². The largest absolute Gasteiger partial charge is 0.457 e. The second-order valence-electron chi connectivity index (χ2n) is 30.3. The molecule has 4 nitrogen and oxygen atoms in total. The summed E-state index contributed by atoms with van der Waals surface area (Å²) in [5, 5.41) is 0. The number of fused-ring (bicyclic) bond motifs is 9. The van der Waals surface area contributed by atoms with Crippen LogP contribution in [0.2, 0.25) is 0 Å². The van der Waals surface area contributed by atoms with Crippen molar-refractivity contribution >= 4 is 34.1 Å². The first-order valence-electron chi connectivity index (χ1n) is 38.0. The van der Waals surface area contributed by atoms with Gasteiger partial charge >= 0.3 is 0 Å². The molecule has 0 bridgehead atoms. The molecule has 0 fully saturated rings. The van der Waals surface area contributed by atoms with Gasteiger partial charge in [-0.1, -0.05) is 307 Å². The van der Waals surface area contributed by atoms with E-state index in [2.05, 4.69) is 395 Å². The van der Waals surface area contributed by atoms with Gasteiger partial charge < -0.3 is 19.3 Å². The van der Waals surface area contributed by atoms with Gasteiger partial charge in [0, 0.05) is 45.0 Å². The average molecular weight is 1400 g/mol. The van der Waals surface area contributed by atoms with Crippen LogP contribution in [0.25, 0.3) is 77.9 Å². The predicted molar refractivity (Wildman–Crippen MR) is 451 cm³/mol. The Hall–Kier alpha value is -13.1. The molecule has 0 aromatic heterocycles. The maximum atomic E-state index is 6.71. The number of ether oxygens (including phenoxy) is 2. The fourth-order valence-corrected chi connectivity index (χ4v) is 17.6. The standard InChI is InChI=1S/C105H80N2O2/c1-103(2)97-31-19-17-29-91(97)93-63-55-87(67-99(93)103)106(83-47-35-75(36-48-83)73-23-11-6-12-24-73)85-51-39-77(40-52-85)79-43-61-95-96-62-44-80(66-102(96)105(101(95)65-79,81-27-15-8-16-28-81)82-45-59-90(60-46-82)109-89-57-33-72(34-58-89)70-108-69-71-21-9-5-10-22-71)78-41-53-86(54-42-78)107(84-49-37-76(38-50-84)74-25-13-7-14-26-74)88-56-64-94-92-30-18-20-32-98(92)104(3,4)100(94)68-88/h5-68H,69-70H2,1-4H3. The van der Waals surface area contributed by atoms with Crippen molar-refractivity contribution in [2.24, 2.45) is 0 Å². The summed E-state index contributed by atoms with van der Waals surface area (Å²) in [4.78, 5) is 4.84. The molecular weight excluding hydrogens is 1320 g/mol. The first-order valence-corrected chi connectivity index (χ1v) is 38.0. The van der Waals surface area contributed by atoms with E-state index >= 15 is 0 Å². The Morgan fingerprint density at radius 2 is 0.514 bits per heavy atom. The zero-order valence-corrected chi connectivity index (χ0v) is 61.6. The van der Waals surface area contributed by atoms with Gasteiger partial charge in [0.1, 0.15) is 11.5 Å². The van der Waals surface area contributed by atoms with Crippen LogP contribution >= 0.6 is 0 Å². The minimum atomic E-state index is -0.759. The van der Waals surface area contributed by atoms with Crippen molar-refractivity contribution in [3.05, 3.63) is 444 Å². The van der Waals surface area contributed by atoms with Gasteiger partial charge in [0.2, 0.25) is 0 Å². The van der Waals surface area contributed by atoms with Gasteiger partial charge in [0.25, 0.3) is 0 Å². The topological polar surface area (TPSA) is 24.9 Å². The lowest BCUT2D eigenvalue weighted by molar-refractivity contribution is 0.107. The molecule has 0 spiro atoms. The second kappa shape index (κ2) is 27.3. The van der Waals surface area contributed by atoms with E-state index < -0.39 is 5.41 Å². The first kappa shape index (κ1) is 66.6. The van der Waals surface area contributed by atoms with Gasteiger partial charge in [0.05, 0.1) is 18.6 Å². The van der Waals surface area contributed by atoms with Crippen LogP contribution in [-0.2, 0) is 34.2 Å². The highest BCUT2D eigenvalue weighted by Gasteiger charge is 2.47. The second-order valence-corrected chi connectivity index (χ2v) is 30.3. The van der Waals surface area contributed by atoms with Crippen molar-refractivity contribution in [1.82, 2.24) is 0 Å². The Morgan fingerprint density at radius 3 is 0.936 bits per heavy atom. The van der Waals surface area contributed by atoms with Crippen molar-refractivity contribution in [3.63, 3.8) is 0 Å². The summed E-state index contributed by atoms with van der Waals surface area (Å²) < 4.78 is 12.8. The summed E-state index contributed by atoms with van der Waals surface area (Å²) in [7, 11) is 0. The fraction of sp³-hybridized carbons (Fsp3) is 0.0857. The van der Waals surface area contributed by atoms with Crippen LogP contribution in [0.4, 0.5) is 34.1 Å². The third-order valence-corrected chi connectivity index (χ3v) is 23.2. The van der Waals surface area contributed by atoms with E-state index in [0.29, 0.717) is 13.2 Å². The van der Waals surface area contributed by atoms with Gasteiger partial charge in [-0.05, 0) is 243 Å². The Balaban J connectivity index is 0.706. The normalized spacial score (nSPS) is 13.5. The summed E-state index contributed by atoms with van der Waals surface area (Å²) in [6.07, 6.45) is 0. The van der Waals surface area contributed by atoms with E-state index in [4.69, 9.17) is 9.47 Å². The summed E-state index contributed by atoms with van der Waals surface area (Å²) in [6.45, 7) is 10.5. The summed E-state index contributed by atoms with van der Waals surface area (Å²) in [5.41, 5.74) is 34.8. The van der Waals surface area contributed by atoms with E-state index in [0.717, 1.165) is 84.6 Å². The van der Waals surface area contributed by atoms with Crippen molar-refractivity contribution in [2.45, 2.75) is 57.2 Å². The van der Waals surface area contributed by atoms with Crippen molar-refractivity contribution in [3.8, 4) is 89.4 Å². The van der Waals surface area contributed by atoms with Crippen LogP contribution in [0.15, 0.2) is 388 Å². The molecule has 0 saturated carbocycles. The zero-order valence-electron chi connectivity index (χ0n) is 61.6. The number of hydrogen-bond acceptors (Lipinski definition) is 4. The fourth-order valence-electron chi connectivity index (χ4n) is 17.6. The van der Waals surface area contributed by atoms with E-state index in [-0.39, 0.29) is 10.8 Å². The van der Waals surface area contributed by atoms with E-state index in [9.17, 15) is 0 Å². The highest BCUT2D eigenvalue weighted by Crippen LogP contribution is 2.59. The lowest BCUT2D eigenvalue weighted by atomic mass is 9.67. The smallest absolute Gasteiger partial charge is 0.127 e. The third-order valence-electron chi connectivity index (χ3n) is 23.2. The first-order chi connectivity index (χ1) is 53.5. The maximum Gasteiger partial charge on any atom is 0.127 e. The molecule has 3 aliphatic rings. The van der Waals surface area contributed by atoms with Crippen LogP contribution < -0.4 is 14.5 Å². The number of nitrogens with zero attached hydrogens (tertiary/aromatic N) is 2. The molecule has 0 aliphatic heterocycles. The maximum absolute atomic E-state index is 6.71. The van der Waals surface area contributed by atoms with Crippen LogP contribution in [-0.4, -0.2) is 0 Å². The SMILES string of the molecule is CC1(C)c2ccccc2-c2ccc(N(c3ccc(-c4ccccc4)cc3)c3ccc(-c4ccc5c(c4)C(c4ccccc4)(c4ccc(Oc6ccc(COCc7ccccc7)cc6)cc4)c4cc(-c6ccc(N(c7ccc(-c8ccccc8)cc7)c7ccc8c(c7)C(C)(C)c7ccccc7-8)cc6)ccc4-5)cc3)cc21. The zero-order chi connectivity index (χ0) is 73.2. The molecule has 16 aromatic rings. The van der Waals surface area contributed by atoms with Gasteiger partial charge in [-0.25, -0.2) is 0 Å². The summed E-state index contributed by atoms with van der Waals surface area (Å²) in [5.74, 6) is 1.52. The monoisotopic (exact) mass is 1400 g/mol. The lowest BCUT2D eigenvalue weighted by Crippen LogP contribution is -2.28. The minimum absolute atomic E-state index is 0.164. The Morgan fingerprint density at radius 1 is 0.220 bits per heavy atom. The molecule has 0 unspecified atom stereocenters. The van der Waals surface area contributed by atoms with Crippen LogP contribution in [0, 0.1) is 0 Å². The van der Waals surface area contributed by atoms with Crippen LogP contribution in [0.3, 0.4) is 0 Å². The van der Waals surface area contributed by atoms with Crippen molar-refractivity contribution in [2.75, 3.05) is 9.80 Å². The number of anilines is 6. The minimum Gasteiger partial charge on any atom is -0.457 e. The van der Waals surface area contributed by atoms with E-state index in [1.54, 1.807) is 0 Å². The van der Waals surface area contributed by atoms with Crippen molar-refractivity contribution in [1.29, 1.82) is 0 Å². The van der Waals surface area contributed by atoms with Gasteiger partial charge in [-0.3, -0.25) is 0 Å². The molecule has 0 amide bonds. The number of benzene rings is 16. The van der Waals surface area contributed by atoms with E-state index in [1.165, 1.54) is 94.6 Å². The predicted octanol–water partition coefficient (Wildman–Crippen LogP) is 27.8. The molecule has 3 aliphatic carbocycles. The Bertz CT molecular complexity index is 5750. The van der Waals surface area contributed by atoms with Crippen LogP contribution in [0.1, 0.15) is 83.3 Å². The molecule has 0 saturated heterocycles. The molecule has 0 heterocycles. The molecular formula is C105H80N2O2. The van der Waals surface area contributed by atoms with Gasteiger partial charge in [-0.2, -0.15) is 0 Å². The molecule has 19 rings (SSSR count). The third kappa shape index (κ3) is 11.8. The molecule has 109 heavy (non-hydrogen) atoms. The molecule has 0 radical (unpaired) electrons. The Labute approximate surface area is 639 Å². The van der Waals surface area contributed by atoms with Crippen molar-refractivity contribution < 1.29 is 9.47 Å². The summed E-state index contributed by atoms with van der Waals surface area (Å²) >= 11 is 0. The average Bonchev–Trinajstić information content (AvgIpc) is 1.54. The lowest BCUT2D eigenvalue weighted by Gasteiger charge is -2.34.